The van der Waals surface area contributed by atoms with Crippen molar-refractivity contribution >= 4 is 6.09 Å². The number of aliphatic hydroxyl groups is 1. The Labute approximate surface area is 106 Å². The maximum absolute atomic E-state index is 10.2. The Morgan fingerprint density at radius 3 is 2.94 bits per heavy atom. The van der Waals surface area contributed by atoms with Gasteiger partial charge in [-0.05, 0) is 17.7 Å². The molecule has 1 amide bonds. The summed E-state index contributed by atoms with van der Waals surface area (Å²) >= 11 is 0. The second kappa shape index (κ2) is 7.52. The molecule has 6 heteroatoms. The summed E-state index contributed by atoms with van der Waals surface area (Å²) in [5.74, 6) is 0.760. The van der Waals surface area contributed by atoms with Crippen molar-refractivity contribution in [2.24, 2.45) is 0 Å². The summed E-state index contributed by atoms with van der Waals surface area (Å²) in [5, 5.41) is 23.0. The van der Waals surface area contributed by atoms with E-state index in [1.807, 2.05) is 24.3 Å². The van der Waals surface area contributed by atoms with Gasteiger partial charge in [-0.25, -0.2) is 4.79 Å². The van der Waals surface area contributed by atoms with Gasteiger partial charge in [-0.15, -0.1) is 0 Å². The van der Waals surface area contributed by atoms with Crippen molar-refractivity contribution in [3.63, 3.8) is 0 Å². The van der Waals surface area contributed by atoms with Gasteiger partial charge in [-0.1, -0.05) is 12.1 Å². The van der Waals surface area contributed by atoms with Crippen LogP contribution in [-0.4, -0.2) is 36.2 Å². The molecule has 1 aromatic carbocycles. The molecule has 0 aromatic heterocycles. The second-order valence-corrected chi connectivity index (χ2v) is 3.77. The van der Waals surface area contributed by atoms with Crippen LogP contribution in [0.2, 0.25) is 0 Å². The van der Waals surface area contributed by atoms with Crippen molar-refractivity contribution in [1.82, 2.24) is 10.6 Å². The quantitative estimate of drug-likeness (QED) is 0.539. The second-order valence-electron chi connectivity index (χ2n) is 3.77. The number of hydrogen-bond donors (Lipinski definition) is 4. The average molecular weight is 254 g/mol. The number of nitrogens with one attached hydrogen (secondary N) is 2. The molecule has 0 aliphatic rings. The summed E-state index contributed by atoms with van der Waals surface area (Å²) in [6.07, 6.45) is -1.52. The smallest absolute Gasteiger partial charge is 0.404 e. The largest absolute Gasteiger partial charge is 0.497 e. The van der Waals surface area contributed by atoms with Gasteiger partial charge in [0.1, 0.15) is 12.0 Å². The normalized spacial score (nSPS) is 11.9. The Balaban J connectivity index is 2.28. The fourth-order valence-electron chi connectivity index (χ4n) is 1.44. The fraction of sp³-hybridized carbons (Fsp3) is 0.417. The minimum absolute atomic E-state index is 0.210. The Bertz CT molecular complexity index is 384. The van der Waals surface area contributed by atoms with Crippen molar-refractivity contribution in [1.29, 1.82) is 0 Å². The zero-order valence-electron chi connectivity index (χ0n) is 10.2. The molecule has 0 bridgehead atoms. The minimum atomic E-state index is -1.09. The predicted molar refractivity (Wildman–Crippen MR) is 66.5 cm³/mol. The molecule has 1 aromatic rings. The van der Waals surface area contributed by atoms with Crippen LogP contribution in [0.25, 0.3) is 0 Å². The molecule has 100 valence electrons. The van der Waals surface area contributed by atoms with Crippen molar-refractivity contribution < 1.29 is 19.7 Å². The van der Waals surface area contributed by atoms with E-state index in [9.17, 15) is 9.90 Å². The van der Waals surface area contributed by atoms with Crippen molar-refractivity contribution in [3.8, 4) is 5.75 Å². The summed E-state index contributed by atoms with van der Waals surface area (Å²) < 4.78 is 5.09. The van der Waals surface area contributed by atoms with E-state index in [4.69, 9.17) is 9.84 Å². The lowest BCUT2D eigenvalue weighted by molar-refractivity contribution is 0.124. The van der Waals surface area contributed by atoms with Gasteiger partial charge in [0.2, 0.25) is 0 Å². The summed E-state index contributed by atoms with van der Waals surface area (Å²) in [6.45, 7) is 0.701. The average Bonchev–Trinajstić information content (AvgIpc) is 2.36. The SMILES string of the molecule is COc1cccc(CNC(O)CCNC(=O)O)c1. The molecule has 0 saturated carbocycles. The highest BCUT2D eigenvalue weighted by Gasteiger charge is 2.04. The third-order valence-electron chi connectivity index (χ3n) is 2.37. The van der Waals surface area contributed by atoms with E-state index in [-0.39, 0.29) is 6.54 Å². The topological polar surface area (TPSA) is 90.8 Å². The monoisotopic (exact) mass is 254 g/mol. The molecule has 1 atom stereocenters. The summed E-state index contributed by atoms with van der Waals surface area (Å²) in [7, 11) is 1.60. The highest BCUT2D eigenvalue weighted by atomic mass is 16.5. The van der Waals surface area contributed by atoms with Gasteiger partial charge in [0.05, 0.1) is 7.11 Å². The van der Waals surface area contributed by atoms with Crippen LogP contribution >= 0.6 is 0 Å². The van der Waals surface area contributed by atoms with E-state index < -0.39 is 12.3 Å². The summed E-state index contributed by atoms with van der Waals surface area (Å²) in [6, 6.07) is 7.50. The number of carbonyl (C=O) groups is 1. The highest BCUT2D eigenvalue weighted by Crippen LogP contribution is 2.12. The number of benzene rings is 1. The molecule has 0 heterocycles. The van der Waals surface area contributed by atoms with Gasteiger partial charge in [0, 0.05) is 19.5 Å². The predicted octanol–water partition coefficient (Wildman–Crippen LogP) is 0.761. The molecule has 1 rings (SSSR count). The third kappa shape index (κ3) is 5.51. The van der Waals surface area contributed by atoms with Crippen LogP contribution in [-0.2, 0) is 6.54 Å². The number of ether oxygens (including phenoxy) is 1. The van der Waals surface area contributed by atoms with Gasteiger partial charge in [0.15, 0.2) is 0 Å². The van der Waals surface area contributed by atoms with E-state index in [1.165, 1.54) is 0 Å². The first-order chi connectivity index (χ1) is 8.61. The molecule has 0 radical (unpaired) electrons. The van der Waals surface area contributed by atoms with Crippen LogP contribution in [0.1, 0.15) is 12.0 Å². The standard InChI is InChI=1S/C12H18N2O4/c1-18-10-4-2-3-9(7-10)8-14-11(15)5-6-13-12(16)17/h2-4,7,11,13-15H,5-6,8H2,1H3,(H,16,17). The highest BCUT2D eigenvalue weighted by molar-refractivity contribution is 5.64. The Kier molecular flexibility index (Phi) is 5.96. The maximum atomic E-state index is 10.2. The van der Waals surface area contributed by atoms with Crippen molar-refractivity contribution in [2.45, 2.75) is 19.2 Å². The minimum Gasteiger partial charge on any atom is -0.497 e. The maximum Gasteiger partial charge on any atom is 0.404 e. The first-order valence-corrected chi connectivity index (χ1v) is 5.63. The van der Waals surface area contributed by atoms with Crippen LogP contribution in [0, 0.1) is 0 Å². The van der Waals surface area contributed by atoms with E-state index in [0.717, 1.165) is 11.3 Å². The molecule has 1 unspecified atom stereocenters. The molecule has 6 nitrogen and oxygen atoms in total. The van der Waals surface area contributed by atoms with E-state index in [2.05, 4.69) is 10.6 Å². The lowest BCUT2D eigenvalue weighted by atomic mass is 10.2. The van der Waals surface area contributed by atoms with Crippen LogP contribution in [0.5, 0.6) is 5.75 Å². The summed E-state index contributed by atoms with van der Waals surface area (Å²) in [5.41, 5.74) is 0.986. The first-order valence-electron chi connectivity index (χ1n) is 5.63. The zero-order valence-corrected chi connectivity index (χ0v) is 10.2. The first kappa shape index (κ1) is 14.3. The Morgan fingerprint density at radius 1 is 1.50 bits per heavy atom. The molecule has 0 spiro atoms. The number of carboxylic acid groups (broad SMARTS) is 1. The molecule has 0 aliphatic carbocycles. The Morgan fingerprint density at radius 2 is 2.28 bits per heavy atom. The molecule has 0 aliphatic heterocycles. The molecule has 18 heavy (non-hydrogen) atoms. The number of hydrogen-bond acceptors (Lipinski definition) is 4. The molecule has 0 fully saturated rings. The number of amides is 1. The Hall–Kier alpha value is -1.79. The van der Waals surface area contributed by atoms with Crippen LogP contribution in [0.15, 0.2) is 24.3 Å². The van der Waals surface area contributed by atoms with E-state index in [0.29, 0.717) is 13.0 Å². The molecule has 0 saturated heterocycles. The number of rotatable bonds is 7. The fourth-order valence-corrected chi connectivity index (χ4v) is 1.44. The van der Waals surface area contributed by atoms with Gasteiger partial charge < -0.3 is 20.3 Å². The lowest BCUT2D eigenvalue weighted by Crippen LogP contribution is -2.33. The van der Waals surface area contributed by atoms with Gasteiger partial charge in [0.25, 0.3) is 0 Å². The van der Waals surface area contributed by atoms with Crippen molar-refractivity contribution in [2.75, 3.05) is 13.7 Å². The van der Waals surface area contributed by atoms with Gasteiger partial charge >= 0.3 is 6.09 Å². The summed E-state index contributed by atoms with van der Waals surface area (Å²) in [4.78, 5) is 10.2. The molecular formula is C12H18N2O4. The van der Waals surface area contributed by atoms with Gasteiger partial charge in [-0.3, -0.25) is 5.32 Å². The van der Waals surface area contributed by atoms with E-state index >= 15 is 0 Å². The third-order valence-corrected chi connectivity index (χ3v) is 2.37. The number of methoxy groups -OCH3 is 1. The molecule has 4 N–H and O–H groups in total. The lowest BCUT2D eigenvalue weighted by Gasteiger charge is -2.13. The van der Waals surface area contributed by atoms with Gasteiger partial charge in [-0.2, -0.15) is 0 Å². The van der Waals surface area contributed by atoms with Crippen molar-refractivity contribution in [3.05, 3.63) is 29.8 Å². The van der Waals surface area contributed by atoms with Crippen LogP contribution < -0.4 is 15.4 Å². The molecular weight excluding hydrogens is 236 g/mol. The zero-order chi connectivity index (χ0) is 13.4. The van der Waals surface area contributed by atoms with Crippen LogP contribution in [0.4, 0.5) is 4.79 Å². The number of aliphatic hydroxyl groups excluding tert-OH is 1. The van der Waals surface area contributed by atoms with Crippen LogP contribution in [0.3, 0.4) is 0 Å². The van der Waals surface area contributed by atoms with E-state index in [1.54, 1.807) is 7.11 Å².